The molecule has 8 heteroatoms. The largest absolute Gasteiger partial charge is 0.465 e. The summed E-state index contributed by atoms with van der Waals surface area (Å²) < 4.78 is 4.67. The first-order valence-corrected chi connectivity index (χ1v) is 7.33. The number of carbonyl (C=O) groups is 2. The Labute approximate surface area is 129 Å². The zero-order valence-electron chi connectivity index (χ0n) is 11.2. The summed E-state index contributed by atoms with van der Waals surface area (Å²) in [7, 11) is 1.22. The monoisotopic (exact) mass is 356 g/mol. The predicted molar refractivity (Wildman–Crippen MR) is 78.7 cm³/mol. The molecule has 1 heterocycles. The molecule has 1 aromatic rings. The number of anilines is 1. The van der Waals surface area contributed by atoms with Crippen molar-refractivity contribution in [2.75, 3.05) is 23.9 Å². The van der Waals surface area contributed by atoms with Gasteiger partial charge in [-0.2, -0.15) is 0 Å². The number of non-ortho nitro benzene ring substituents is 1. The summed E-state index contributed by atoms with van der Waals surface area (Å²) in [5.74, 6) is -0.678. The Balaban J connectivity index is 2.48. The fraction of sp³-hybridized carbons (Fsp3) is 0.385. The second kappa shape index (κ2) is 6.21. The average molecular weight is 357 g/mol. The van der Waals surface area contributed by atoms with Gasteiger partial charge >= 0.3 is 5.97 Å². The number of methoxy groups -OCH3 is 1. The molecule has 0 saturated carbocycles. The van der Waals surface area contributed by atoms with Gasteiger partial charge in [0, 0.05) is 30.4 Å². The number of nitro benzene ring substituents is 1. The lowest BCUT2D eigenvalue weighted by molar-refractivity contribution is -0.384. The zero-order valence-corrected chi connectivity index (χ0v) is 12.8. The van der Waals surface area contributed by atoms with E-state index in [2.05, 4.69) is 20.7 Å². The van der Waals surface area contributed by atoms with Gasteiger partial charge < -0.3 is 9.64 Å². The number of benzene rings is 1. The third-order valence-electron chi connectivity index (χ3n) is 3.31. The molecule has 1 aliphatic heterocycles. The van der Waals surface area contributed by atoms with Crippen LogP contribution in [0.5, 0.6) is 0 Å². The first-order chi connectivity index (χ1) is 9.97. The molecule has 0 bridgehead atoms. The quantitative estimate of drug-likeness (QED) is 0.356. The van der Waals surface area contributed by atoms with Gasteiger partial charge in [0.2, 0.25) is 5.91 Å². The maximum absolute atomic E-state index is 12.1. The molecular formula is C13H13BrN2O5. The molecule has 1 saturated heterocycles. The molecule has 112 valence electrons. The fourth-order valence-corrected chi connectivity index (χ4v) is 2.69. The summed E-state index contributed by atoms with van der Waals surface area (Å²) in [6, 6.07) is 3.77. The molecule has 21 heavy (non-hydrogen) atoms. The van der Waals surface area contributed by atoms with Crippen LogP contribution in [-0.2, 0) is 9.53 Å². The highest BCUT2D eigenvalue weighted by molar-refractivity contribution is 9.09. The van der Waals surface area contributed by atoms with Gasteiger partial charge in [-0.3, -0.25) is 14.9 Å². The highest BCUT2D eigenvalue weighted by atomic mass is 79.9. The smallest absolute Gasteiger partial charge is 0.339 e. The van der Waals surface area contributed by atoms with Crippen LogP contribution in [0.4, 0.5) is 11.4 Å². The van der Waals surface area contributed by atoms with E-state index in [1.165, 1.54) is 30.2 Å². The summed E-state index contributed by atoms with van der Waals surface area (Å²) in [5, 5.41) is 11.5. The summed E-state index contributed by atoms with van der Waals surface area (Å²) in [6.45, 7) is 0.412. The van der Waals surface area contributed by atoms with E-state index in [1.807, 2.05) is 0 Å². The number of alkyl halides is 1. The van der Waals surface area contributed by atoms with Crippen LogP contribution in [0.3, 0.4) is 0 Å². The summed E-state index contributed by atoms with van der Waals surface area (Å²) in [6.07, 6.45) is 0.342. The highest BCUT2D eigenvalue weighted by Crippen LogP contribution is 2.32. The van der Waals surface area contributed by atoms with E-state index in [-0.39, 0.29) is 28.8 Å². The number of halogens is 1. The van der Waals surface area contributed by atoms with Crippen molar-refractivity contribution >= 4 is 39.2 Å². The number of esters is 1. The van der Waals surface area contributed by atoms with Crippen LogP contribution >= 0.6 is 15.9 Å². The lowest BCUT2D eigenvalue weighted by atomic mass is 10.1. The molecule has 7 nitrogen and oxygen atoms in total. The van der Waals surface area contributed by atoms with E-state index >= 15 is 0 Å². The first kappa shape index (κ1) is 15.4. The van der Waals surface area contributed by atoms with Crippen molar-refractivity contribution in [2.45, 2.75) is 6.42 Å². The minimum atomic E-state index is -0.630. The molecular weight excluding hydrogens is 344 g/mol. The third-order valence-corrected chi connectivity index (χ3v) is 4.23. The van der Waals surface area contributed by atoms with Crippen LogP contribution in [0.1, 0.15) is 16.8 Å². The molecule has 2 rings (SSSR count). The van der Waals surface area contributed by atoms with Crippen molar-refractivity contribution in [2.24, 2.45) is 5.92 Å². The molecule has 1 aromatic carbocycles. The molecule has 0 aliphatic carbocycles. The molecule has 1 amide bonds. The Morgan fingerprint density at radius 1 is 1.57 bits per heavy atom. The topological polar surface area (TPSA) is 89.8 Å². The van der Waals surface area contributed by atoms with Crippen LogP contribution in [-0.4, -0.2) is 35.8 Å². The second-order valence-corrected chi connectivity index (χ2v) is 5.33. The number of nitrogens with zero attached hydrogens (tertiary/aromatic N) is 2. The van der Waals surface area contributed by atoms with E-state index in [1.54, 1.807) is 0 Å². The lowest BCUT2D eigenvalue weighted by Gasteiger charge is -2.19. The number of hydrogen-bond acceptors (Lipinski definition) is 5. The van der Waals surface area contributed by atoms with Crippen molar-refractivity contribution in [1.29, 1.82) is 0 Å². The van der Waals surface area contributed by atoms with Gasteiger partial charge in [-0.15, -0.1) is 0 Å². The van der Waals surface area contributed by atoms with Crippen molar-refractivity contribution < 1.29 is 19.2 Å². The summed E-state index contributed by atoms with van der Waals surface area (Å²) in [4.78, 5) is 35.6. The van der Waals surface area contributed by atoms with Gasteiger partial charge in [0.1, 0.15) is 0 Å². The van der Waals surface area contributed by atoms with Crippen molar-refractivity contribution in [1.82, 2.24) is 0 Å². The van der Waals surface area contributed by atoms with Gasteiger partial charge in [-0.1, -0.05) is 15.9 Å². The predicted octanol–water partition coefficient (Wildman–Crippen LogP) is 2.13. The van der Waals surface area contributed by atoms with Crippen LogP contribution in [0.25, 0.3) is 0 Å². The SMILES string of the molecule is COC(=O)c1ccc([N+](=O)[O-])cc1N1CC(CBr)CC1=O. The number of hydrogen-bond donors (Lipinski definition) is 0. The van der Waals surface area contributed by atoms with Gasteiger partial charge in [0.15, 0.2) is 0 Å². The molecule has 0 spiro atoms. The zero-order chi connectivity index (χ0) is 15.6. The van der Waals surface area contributed by atoms with Gasteiger partial charge in [-0.05, 0) is 12.0 Å². The molecule has 0 aromatic heterocycles. The molecule has 1 atom stereocenters. The Bertz CT molecular complexity index is 604. The van der Waals surface area contributed by atoms with Crippen LogP contribution < -0.4 is 4.90 Å². The Hall–Kier alpha value is -1.96. The average Bonchev–Trinajstić information content (AvgIpc) is 2.86. The van der Waals surface area contributed by atoms with Crippen molar-refractivity contribution in [3.8, 4) is 0 Å². The van der Waals surface area contributed by atoms with Crippen molar-refractivity contribution in [3.05, 3.63) is 33.9 Å². The maximum Gasteiger partial charge on any atom is 0.339 e. The maximum atomic E-state index is 12.1. The highest BCUT2D eigenvalue weighted by Gasteiger charge is 2.33. The fourth-order valence-electron chi connectivity index (χ4n) is 2.26. The number of ether oxygens (including phenoxy) is 1. The van der Waals surface area contributed by atoms with E-state index in [4.69, 9.17) is 0 Å². The van der Waals surface area contributed by atoms with Crippen LogP contribution in [0.2, 0.25) is 0 Å². The summed E-state index contributed by atoms with van der Waals surface area (Å²) in [5.41, 5.74) is 0.198. The molecule has 1 aliphatic rings. The van der Waals surface area contributed by atoms with E-state index < -0.39 is 10.9 Å². The number of amides is 1. The first-order valence-electron chi connectivity index (χ1n) is 6.21. The Morgan fingerprint density at radius 2 is 2.29 bits per heavy atom. The molecule has 0 N–H and O–H groups in total. The minimum Gasteiger partial charge on any atom is -0.465 e. The van der Waals surface area contributed by atoms with Crippen LogP contribution in [0.15, 0.2) is 18.2 Å². The van der Waals surface area contributed by atoms with Gasteiger partial charge in [0.25, 0.3) is 5.69 Å². The number of nitro groups is 1. The van der Waals surface area contributed by atoms with Crippen LogP contribution in [0, 0.1) is 16.0 Å². The number of carbonyl (C=O) groups excluding carboxylic acids is 2. The second-order valence-electron chi connectivity index (χ2n) is 4.68. The molecule has 1 fully saturated rings. The van der Waals surface area contributed by atoms with E-state index in [9.17, 15) is 19.7 Å². The number of rotatable bonds is 4. The lowest BCUT2D eigenvalue weighted by Crippen LogP contribution is -2.27. The van der Waals surface area contributed by atoms with Crippen molar-refractivity contribution in [3.63, 3.8) is 0 Å². The van der Waals surface area contributed by atoms with Gasteiger partial charge in [0.05, 0.1) is 23.3 Å². The molecule has 1 unspecified atom stereocenters. The molecule has 0 radical (unpaired) electrons. The Kier molecular flexibility index (Phi) is 4.56. The van der Waals surface area contributed by atoms with E-state index in [0.717, 1.165) is 0 Å². The normalized spacial score (nSPS) is 17.9. The standard InChI is InChI=1S/C13H13BrN2O5/c1-21-13(18)10-3-2-9(16(19)20)5-11(10)15-7-8(6-14)4-12(15)17/h2-3,5,8H,4,6-7H2,1H3. The van der Waals surface area contributed by atoms with E-state index in [0.29, 0.717) is 18.3 Å². The van der Waals surface area contributed by atoms with Gasteiger partial charge in [-0.25, -0.2) is 4.79 Å². The summed E-state index contributed by atoms with van der Waals surface area (Å²) >= 11 is 3.32. The third kappa shape index (κ3) is 3.05. The Morgan fingerprint density at radius 3 is 2.81 bits per heavy atom. The minimum absolute atomic E-state index is 0.113.